The first-order chi connectivity index (χ1) is 14.9. The fourth-order valence-electron chi connectivity index (χ4n) is 2.43. The van der Waals surface area contributed by atoms with Gasteiger partial charge < -0.3 is 30.8 Å². The number of ether oxygens (including phenoxy) is 3. The van der Waals surface area contributed by atoms with Gasteiger partial charge in [0.1, 0.15) is 18.7 Å². The molecule has 0 heterocycles. The van der Waals surface area contributed by atoms with Gasteiger partial charge in [0.2, 0.25) is 6.10 Å². The average Bonchev–Trinajstić information content (AvgIpc) is 2.74. The zero-order chi connectivity index (χ0) is 24.4. The smallest absolute Gasteiger partial charge is 0.349 e. The van der Waals surface area contributed by atoms with Crippen molar-refractivity contribution in [2.45, 2.75) is 65.0 Å². The van der Waals surface area contributed by atoms with E-state index in [-0.39, 0.29) is 18.4 Å². The van der Waals surface area contributed by atoms with Crippen molar-refractivity contribution in [3.63, 3.8) is 0 Å². The third-order valence-corrected chi connectivity index (χ3v) is 4.68. The normalized spacial score (nSPS) is 14.9. The highest BCUT2D eigenvalue weighted by molar-refractivity contribution is 5.83. The Balaban J connectivity index is 3.01. The van der Waals surface area contributed by atoms with E-state index in [2.05, 4.69) is 0 Å². The maximum Gasteiger partial charge on any atom is 0.349 e. The third-order valence-electron chi connectivity index (χ3n) is 4.68. The van der Waals surface area contributed by atoms with Gasteiger partial charge in [-0.05, 0) is 17.4 Å². The lowest BCUT2D eigenvalue weighted by Gasteiger charge is -2.27. The number of carbonyl (C=O) groups is 4. The predicted octanol–water partition coefficient (Wildman–Crippen LogP) is 0.995. The molecule has 0 radical (unpaired) electrons. The van der Waals surface area contributed by atoms with Gasteiger partial charge in [-0.25, -0.2) is 4.79 Å². The second-order valence-corrected chi connectivity index (χ2v) is 8.06. The predicted molar refractivity (Wildman–Crippen MR) is 114 cm³/mol. The van der Waals surface area contributed by atoms with Crippen LogP contribution in [0.25, 0.3) is 0 Å². The summed E-state index contributed by atoms with van der Waals surface area (Å²) in [6.45, 7) is 6.59. The maximum atomic E-state index is 12.4. The molecular weight excluding hydrogens is 420 g/mol. The van der Waals surface area contributed by atoms with Crippen LogP contribution in [-0.2, 0) is 40.0 Å². The molecule has 10 heteroatoms. The number of nitrogens with two attached hydrogens (primary N) is 2. The molecule has 32 heavy (non-hydrogen) atoms. The number of aliphatic carboxylic acids is 1. The minimum atomic E-state index is -1.97. The highest BCUT2D eigenvalue weighted by Gasteiger charge is 2.39. The first kappa shape index (κ1) is 27.1. The highest BCUT2D eigenvalue weighted by Crippen LogP contribution is 2.16. The molecule has 0 amide bonds. The number of hydrogen-bond acceptors (Lipinski definition) is 9. The summed E-state index contributed by atoms with van der Waals surface area (Å²) < 4.78 is 15.4. The zero-order valence-corrected chi connectivity index (χ0v) is 18.7. The van der Waals surface area contributed by atoms with E-state index >= 15 is 0 Å². The van der Waals surface area contributed by atoms with Crippen molar-refractivity contribution in [2.75, 3.05) is 0 Å². The monoisotopic (exact) mass is 452 g/mol. The molecule has 10 nitrogen and oxygen atoms in total. The van der Waals surface area contributed by atoms with Gasteiger partial charge in [-0.15, -0.1) is 0 Å². The molecule has 0 aromatic heterocycles. The van der Waals surface area contributed by atoms with Gasteiger partial charge >= 0.3 is 23.9 Å². The highest BCUT2D eigenvalue weighted by atomic mass is 16.6. The first-order valence-corrected chi connectivity index (χ1v) is 10.3. The molecule has 0 saturated carbocycles. The minimum absolute atomic E-state index is 0.0679. The number of carboxylic acids is 1. The Morgan fingerprint density at radius 2 is 1.38 bits per heavy atom. The standard InChI is InChI=1S/C22H32N2O8/c1-12(2)17(23)21(28)31-15(10-16(25)30-11-14-8-6-5-7-9-14)19(20(26)27)32-22(29)18(24)13(3)4/h5-9,12-13,15,17-19H,10-11,23-24H2,1-4H3,(H,26,27)/t15?,17-,18-,19?/m0/s1. The van der Waals surface area contributed by atoms with E-state index in [1.54, 1.807) is 58.0 Å². The van der Waals surface area contributed by atoms with Crippen LogP contribution in [0.5, 0.6) is 0 Å². The second-order valence-electron chi connectivity index (χ2n) is 8.06. The van der Waals surface area contributed by atoms with Crippen molar-refractivity contribution in [2.24, 2.45) is 23.3 Å². The van der Waals surface area contributed by atoms with Crippen LogP contribution >= 0.6 is 0 Å². The summed E-state index contributed by atoms with van der Waals surface area (Å²) in [4.78, 5) is 48.8. The van der Waals surface area contributed by atoms with Crippen molar-refractivity contribution in [1.82, 2.24) is 0 Å². The van der Waals surface area contributed by atoms with Gasteiger partial charge in [0.05, 0.1) is 6.42 Å². The molecule has 4 atom stereocenters. The van der Waals surface area contributed by atoms with Gasteiger partial charge in [-0.1, -0.05) is 58.0 Å². The molecule has 1 aromatic rings. The Morgan fingerprint density at radius 1 is 0.875 bits per heavy atom. The summed E-state index contributed by atoms with van der Waals surface area (Å²) >= 11 is 0. The van der Waals surface area contributed by atoms with Crippen molar-refractivity contribution in [1.29, 1.82) is 0 Å². The van der Waals surface area contributed by atoms with Gasteiger partial charge in [-0.2, -0.15) is 0 Å². The molecular formula is C22H32N2O8. The molecule has 2 unspecified atom stereocenters. The van der Waals surface area contributed by atoms with Crippen LogP contribution in [0, 0.1) is 11.8 Å². The van der Waals surface area contributed by atoms with Crippen LogP contribution in [0.15, 0.2) is 30.3 Å². The van der Waals surface area contributed by atoms with Crippen LogP contribution in [0.4, 0.5) is 0 Å². The summed E-state index contributed by atoms with van der Waals surface area (Å²) in [5, 5.41) is 9.60. The number of rotatable bonds is 12. The quantitative estimate of drug-likeness (QED) is 0.307. The van der Waals surface area contributed by atoms with E-state index < -0.39 is 54.6 Å². The topological polar surface area (TPSA) is 168 Å². The van der Waals surface area contributed by atoms with Crippen LogP contribution in [0.2, 0.25) is 0 Å². The largest absolute Gasteiger partial charge is 0.478 e. The number of esters is 3. The molecule has 0 saturated heterocycles. The molecule has 1 aromatic carbocycles. The molecule has 178 valence electrons. The van der Waals surface area contributed by atoms with Crippen molar-refractivity contribution >= 4 is 23.9 Å². The molecule has 0 aliphatic heterocycles. The summed E-state index contributed by atoms with van der Waals surface area (Å²) in [5.41, 5.74) is 12.2. The fourth-order valence-corrected chi connectivity index (χ4v) is 2.43. The Kier molecular flexibility index (Phi) is 10.8. The summed E-state index contributed by atoms with van der Waals surface area (Å²) in [5.74, 6) is -5.03. The van der Waals surface area contributed by atoms with E-state index in [1.807, 2.05) is 0 Å². The van der Waals surface area contributed by atoms with E-state index in [0.29, 0.717) is 5.56 Å². The molecule has 0 spiro atoms. The van der Waals surface area contributed by atoms with E-state index in [1.165, 1.54) is 0 Å². The van der Waals surface area contributed by atoms with Crippen molar-refractivity contribution in [3.8, 4) is 0 Å². The number of carboxylic acid groups (broad SMARTS) is 1. The number of benzene rings is 1. The van der Waals surface area contributed by atoms with Gasteiger partial charge in [0, 0.05) is 0 Å². The van der Waals surface area contributed by atoms with Gasteiger partial charge in [0.15, 0.2) is 6.10 Å². The van der Waals surface area contributed by atoms with Crippen molar-refractivity contribution in [3.05, 3.63) is 35.9 Å². The summed E-state index contributed by atoms with van der Waals surface area (Å²) in [7, 11) is 0. The Labute approximate surface area is 187 Å². The lowest BCUT2D eigenvalue weighted by atomic mass is 10.0. The first-order valence-electron chi connectivity index (χ1n) is 10.3. The second kappa shape index (κ2) is 12.8. The molecule has 0 aliphatic carbocycles. The van der Waals surface area contributed by atoms with Crippen LogP contribution in [0.1, 0.15) is 39.7 Å². The number of carbonyl (C=O) groups excluding carboxylic acids is 3. The maximum absolute atomic E-state index is 12.4. The van der Waals surface area contributed by atoms with E-state index in [4.69, 9.17) is 25.7 Å². The fraction of sp³-hybridized carbons (Fsp3) is 0.545. The Bertz CT molecular complexity index is 781. The molecule has 0 aliphatic rings. The summed E-state index contributed by atoms with van der Waals surface area (Å²) in [6.07, 6.45) is -4.29. The van der Waals surface area contributed by atoms with Crippen LogP contribution in [0.3, 0.4) is 0 Å². The van der Waals surface area contributed by atoms with Crippen LogP contribution < -0.4 is 11.5 Å². The summed E-state index contributed by atoms with van der Waals surface area (Å²) in [6, 6.07) is 6.63. The molecule has 0 bridgehead atoms. The van der Waals surface area contributed by atoms with E-state index in [0.717, 1.165) is 0 Å². The zero-order valence-electron chi connectivity index (χ0n) is 18.7. The van der Waals surface area contributed by atoms with Crippen LogP contribution in [-0.4, -0.2) is 53.3 Å². The number of hydrogen-bond donors (Lipinski definition) is 3. The SMILES string of the molecule is CC(C)[C@H](N)C(=O)OC(CC(=O)OCc1ccccc1)C(OC(=O)[C@@H](N)C(C)C)C(=O)O. The molecule has 0 fully saturated rings. The Hall–Kier alpha value is -2.98. The third kappa shape index (κ3) is 8.64. The Morgan fingerprint density at radius 3 is 1.84 bits per heavy atom. The lowest BCUT2D eigenvalue weighted by Crippen LogP contribution is -2.49. The van der Waals surface area contributed by atoms with Gasteiger partial charge in [0.25, 0.3) is 0 Å². The molecule has 1 rings (SSSR count). The van der Waals surface area contributed by atoms with Crippen molar-refractivity contribution < 1.29 is 38.5 Å². The minimum Gasteiger partial charge on any atom is -0.478 e. The lowest BCUT2D eigenvalue weighted by molar-refractivity contribution is -0.184. The van der Waals surface area contributed by atoms with E-state index in [9.17, 15) is 24.3 Å². The van der Waals surface area contributed by atoms with Gasteiger partial charge in [-0.3, -0.25) is 14.4 Å². The average molecular weight is 453 g/mol. The molecule has 5 N–H and O–H groups in total.